The minimum Gasteiger partial charge on any atom is -0.490 e. The molecule has 0 atom stereocenters. The van der Waals surface area contributed by atoms with E-state index in [0.29, 0.717) is 23.7 Å². The Bertz CT molecular complexity index is 646. The van der Waals surface area contributed by atoms with Gasteiger partial charge < -0.3 is 15.2 Å². The van der Waals surface area contributed by atoms with Gasteiger partial charge in [0.15, 0.2) is 11.5 Å². The SMILES string of the molecule is CCOc1ccccc1OCc1ccc(F)cc1C(N)=S. The van der Waals surface area contributed by atoms with Gasteiger partial charge in [-0.3, -0.25) is 0 Å². The number of halogens is 1. The summed E-state index contributed by atoms with van der Waals surface area (Å²) >= 11 is 4.94. The second kappa shape index (κ2) is 7.04. The Balaban J connectivity index is 2.19. The van der Waals surface area contributed by atoms with Gasteiger partial charge in [0.05, 0.1) is 6.61 Å². The van der Waals surface area contributed by atoms with Crippen LogP contribution in [0, 0.1) is 5.82 Å². The number of nitrogens with two attached hydrogens (primary N) is 1. The molecule has 0 unspecified atom stereocenters. The Morgan fingerprint density at radius 3 is 2.43 bits per heavy atom. The van der Waals surface area contributed by atoms with Gasteiger partial charge in [0, 0.05) is 5.56 Å². The molecular weight excluding hydrogens is 289 g/mol. The third-order valence-electron chi connectivity index (χ3n) is 2.87. The van der Waals surface area contributed by atoms with E-state index in [1.165, 1.54) is 12.1 Å². The average molecular weight is 305 g/mol. The summed E-state index contributed by atoms with van der Waals surface area (Å²) in [6, 6.07) is 11.7. The van der Waals surface area contributed by atoms with Gasteiger partial charge >= 0.3 is 0 Å². The quantitative estimate of drug-likeness (QED) is 0.830. The van der Waals surface area contributed by atoms with E-state index in [1.807, 2.05) is 31.2 Å². The highest BCUT2D eigenvalue weighted by Crippen LogP contribution is 2.27. The molecule has 3 nitrogen and oxygen atoms in total. The summed E-state index contributed by atoms with van der Waals surface area (Å²) in [6.07, 6.45) is 0. The van der Waals surface area contributed by atoms with Gasteiger partial charge in [-0.05, 0) is 36.8 Å². The Hall–Kier alpha value is -2.14. The van der Waals surface area contributed by atoms with Crippen LogP contribution in [0.25, 0.3) is 0 Å². The summed E-state index contributed by atoms with van der Waals surface area (Å²) in [6.45, 7) is 2.69. The van der Waals surface area contributed by atoms with E-state index in [4.69, 9.17) is 27.4 Å². The lowest BCUT2D eigenvalue weighted by Crippen LogP contribution is -2.14. The van der Waals surface area contributed by atoms with Gasteiger partial charge in [-0.15, -0.1) is 0 Å². The van der Waals surface area contributed by atoms with Crippen molar-refractivity contribution >= 4 is 17.2 Å². The lowest BCUT2D eigenvalue weighted by Gasteiger charge is -2.13. The molecule has 0 aliphatic carbocycles. The van der Waals surface area contributed by atoms with Crippen LogP contribution in [0.1, 0.15) is 18.1 Å². The minimum absolute atomic E-state index is 0.145. The molecule has 0 amide bonds. The van der Waals surface area contributed by atoms with Crippen molar-refractivity contribution in [2.75, 3.05) is 6.61 Å². The molecule has 5 heteroatoms. The van der Waals surface area contributed by atoms with Crippen molar-refractivity contribution in [2.45, 2.75) is 13.5 Å². The van der Waals surface area contributed by atoms with Crippen molar-refractivity contribution in [2.24, 2.45) is 5.73 Å². The van der Waals surface area contributed by atoms with Crippen LogP contribution in [0.2, 0.25) is 0 Å². The fourth-order valence-corrected chi connectivity index (χ4v) is 2.09. The molecule has 0 heterocycles. The largest absolute Gasteiger partial charge is 0.490 e. The van der Waals surface area contributed by atoms with E-state index in [1.54, 1.807) is 6.07 Å². The van der Waals surface area contributed by atoms with Gasteiger partial charge in [-0.2, -0.15) is 0 Å². The highest BCUT2D eigenvalue weighted by Gasteiger charge is 2.09. The molecule has 0 radical (unpaired) electrons. The molecule has 2 N–H and O–H groups in total. The van der Waals surface area contributed by atoms with E-state index >= 15 is 0 Å². The van der Waals surface area contributed by atoms with Crippen molar-refractivity contribution in [3.05, 3.63) is 59.4 Å². The number of hydrogen-bond donors (Lipinski definition) is 1. The molecule has 2 rings (SSSR count). The zero-order valence-corrected chi connectivity index (χ0v) is 12.5. The van der Waals surface area contributed by atoms with Crippen molar-refractivity contribution in [3.63, 3.8) is 0 Å². The lowest BCUT2D eigenvalue weighted by atomic mass is 10.1. The van der Waals surface area contributed by atoms with Crippen molar-refractivity contribution in [1.82, 2.24) is 0 Å². The Morgan fingerprint density at radius 2 is 1.81 bits per heavy atom. The van der Waals surface area contributed by atoms with Gasteiger partial charge in [-0.25, -0.2) is 4.39 Å². The van der Waals surface area contributed by atoms with Crippen LogP contribution in [-0.2, 0) is 6.61 Å². The summed E-state index contributed by atoms with van der Waals surface area (Å²) in [5, 5.41) is 0. The lowest BCUT2D eigenvalue weighted by molar-refractivity contribution is 0.269. The van der Waals surface area contributed by atoms with Crippen LogP contribution < -0.4 is 15.2 Å². The van der Waals surface area contributed by atoms with Crippen molar-refractivity contribution in [3.8, 4) is 11.5 Å². The molecule has 2 aromatic rings. The summed E-state index contributed by atoms with van der Waals surface area (Å²) in [5.74, 6) is 0.910. The maximum absolute atomic E-state index is 13.3. The fraction of sp³-hybridized carbons (Fsp3) is 0.188. The fourth-order valence-electron chi connectivity index (χ4n) is 1.90. The van der Waals surface area contributed by atoms with Crippen LogP contribution in [0.5, 0.6) is 11.5 Å². The van der Waals surface area contributed by atoms with Crippen molar-refractivity contribution < 1.29 is 13.9 Å². The topological polar surface area (TPSA) is 44.5 Å². The Morgan fingerprint density at radius 1 is 1.14 bits per heavy atom. The number of benzene rings is 2. The summed E-state index contributed by atoms with van der Waals surface area (Å²) in [4.78, 5) is 0.145. The maximum atomic E-state index is 13.3. The number of thiocarbonyl (C=S) groups is 1. The molecular formula is C16H16FNO2S. The Kier molecular flexibility index (Phi) is 5.11. The second-order valence-corrected chi connectivity index (χ2v) is 4.77. The standard InChI is InChI=1S/C16H16FNO2S/c1-2-19-14-5-3-4-6-15(14)20-10-11-7-8-12(17)9-13(11)16(18)21/h3-9H,2,10H2,1H3,(H2,18,21). The van der Waals surface area contributed by atoms with Gasteiger partial charge in [0.1, 0.15) is 17.4 Å². The molecule has 0 fully saturated rings. The summed E-state index contributed by atoms with van der Waals surface area (Å²) < 4.78 is 24.5. The van der Waals surface area contributed by atoms with E-state index < -0.39 is 0 Å². The molecule has 0 aliphatic heterocycles. The van der Waals surface area contributed by atoms with Crippen LogP contribution in [0.4, 0.5) is 4.39 Å². The van der Waals surface area contributed by atoms with Crippen LogP contribution in [0.15, 0.2) is 42.5 Å². The van der Waals surface area contributed by atoms with Crippen LogP contribution in [0.3, 0.4) is 0 Å². The first-order valence-electron chi connectivity index (χ1n) is 6.54. The number of rotatable bonds is 6. The molecule has 21 heavy (non-hydrogen) atoms. The van der Waals surface area contributed by atoms with Crippen molar-refractivity contribution in [1.29, 1.82) is 0 Å². The number of ether oxygens (including phenoxy) is 2. The monoisotopic (exact) mass is 305 g/mol. The average Bonchev–Trinajstić information content (AvgIpc) is 2.47. The summed E-state index contributed by atoms with van der Waals surface area (Å²) in [7, 11) is 0. The predicted molar refractivity (Wildman–Crippen MR) is 84.2 cm³/mol. The predicted octanol–water partition coefficient (Wildman–Crippen LogP) is 3.44. The first kappa shape index (κ1) is 15.3. The molecule has 0 aliphatic rings. The van der Waals surface area contributed by atoms with E-state index in [-0.39, 0.29) is 17.4 Å². The van der Waals surface area contributed by atoms with E-state index in [9.17, 15) is 4.39 Å². The number of hydrogen-bond acceptors (Lipinski definition) is 3. The summed E-state index contributed by atoms with van der Waals surface area (Å²) in [5.41, 5.74) is 6.83. The highest BCUT2D eigenvalue weighted by atomic mass is 32.1. The second-order valence-electron chi connectivity index (χ2n) is 4.33. The van der Waals surface area contributed by atoms with Crippen LogP contribution >= 0.6 is 12.2 Å². The van der Waals surface area contributed by atoms with E-state index in [2.05, 4.69) is 0 Å². The maximum Gasteiger partial charge on any atom is 0.161 e. The minimum atomic E-state index is -0.378. The zero-order chi connectivity index (χ0) is 15.2. The zero-order valence-electron chi connectivity index (χ0n) is 11.6. The first-order valence-corrected chi connectivity index (χ1v) is 6.95. The third kappa shape index (κ3) is 3.92. The first-order chi connectivity index (χ1) is 10.1. The normalized spacial score (nSPS) is 10.2. The molecule has 0 aromatic heterocycles. The molecule has 110 valence electrons. The smallest absolute Gasteiger partial charge is 0.161 e. The van der Waals surface area contributed by atoms with Gasteiger partial charge in [0.25, 0.3) is 0 Å². The molecule has 2 aromatic carbocycles. The molecule has 0 saturated heterocycles. The number of para-hydroxylation sites is 2. The van der Waals surface area contributed by atoms with Gasteiger partial charge in [0.2, 0.25) is 0 Å². The van der Waals surface area contributed by atoms with E-state index in [0.717, 1.165) is 5.56 Å². The molecule has 0 spiro atoms. The van der Waals surface area contributed by atoms with Crippen LogP contribution in [-0.4, -0.2) is 11.6 Å². The molecule has 0 saturated carbocycles. The van der Waals surface area contributed by atoms with Gasteiger partial charge in [-0.1, -0.05) is 30.4 Å². The highest BCUT2D eigenvalue weighted by molar-refractivity contribution is 7.80. The third-order valence-corrected chi connectivity index (χ3v) is 3.09. The Labute approximate surface area is 128 Å². The molecule has 0 bridgehead atoms.